The van der Waals surface area contributed by atoms with Crippen LogP contribution in [0.1, 0.15) is 31.3 Å². The molecule has 1 aromatic heterocycles. The van der Waals surface area contributed by atoms with Gasteiger partial charge in [0.2, 0.25) is 0 Å². The Kier molecular flexibility index (Phi) is 5.33. The monoisotopic (exact) mass is 304 g/mol. The second-order valence-corrected chi connectivity index (χ2v) is 5.96. The summed E-state index contributed by atoms with van der Waals surface area (Å²) in [5, 5.41) is 5.33. The molecule has 0 saturated heterocycles. The van der Waals surface area contributed by atoms with Crippen molar-refractivity contribution in [2.45, 2.75) is 20.8 Å². The first-order chi connectivity index (χ1) is 10.1. The van der Waals surface area contributed by atoms with Crippen LogP contribution in [0.25, 0.3) is 10.6 Å². The average molecular weight is 304 g/mol. The number of ether oxygens (including phenoxy) is 1. The number of carbonyl (C=O) groups excluding carboxylic acids is 1. The summed E-state index contributed by atoms with van der Waals surface area (Å²) in [7, 11) is 0. The topological polar surface area (TPSA) is 51.2 Å². The number of hydrogen-bond acceptors (Lipinski definition) is 4. The van der Waals surface area contributed by atoms with Crippen molar-refractivity contribution >= 4 is 17.2 Å². The Bertz CT molecular complexity index is 608. The second kappa shape index (κ2) is 7.22. The highest BCUT2D eigenvalue weighted by atomic mass is 32.1. The molecule has 5 heteroatoms. The number of benzene rings is 1. The Labute approximate surface area is 129 Å². The molecular formula is C16H20N2O2S. The van der Waals surface area contributed by atoms with Crippen LogP contribution >= 0.6 is 11.3 Å². The lowest BCUT2D eigenvalue weighted by Crippen LogP contribution is -2.22. The van der Waals surface area contributed by atoms with Gasteiger partial charge in [-0.2, -0.15) is 0 Å². The molecule has 0 spiro atoms. The molecule has 0 unspecified atom stereocenters. The van der Waals surface area contributed by atoms with Crippen molar-refractivity contribution in [3.8, 4) is 16.3 Å². The normalized spacial score (nSPS) is 10.7. The van der Waals surface area contributed by atoms with E-state index in [2.05, 4.69) is 24.1 Å². The van der Waals surface area contributed by atoms with Gasteiger partial charge in [-0.25, -0.2) is 4.98 Å². The van der Waals surface area contributed by atoms with E-state index in [-0.39, 0.29) is 5.91 Å². The van der Waals surface area contributed by atoms with E-state index in [4.69, 9.17) is 4.74 Å². The van der Waals surface area contributed by atoms with Crippen molar-refractivity contribution in [2.75, 3.05) is 13.2 Å². The predicted octanol–water partition coefficient (Wildman–Crippen LogP) is 3.59. The standard InChI is InChI=1S/C16H20N2O2S/c1-4-17-15(19)13-10-21-16(18-13)12-7-5-6-8-14(12)20-9-11(2)3/h5-8,10-11H,4,9H2,1-3H3,(H,17,19). The second-order valence-electron chi connectivity index (χ2n) is 5.10. The molecule has 0 aliphatic carbocycles. The number of nitrogens with zero attached hydrogens (tertiary/aromatic N) is 1. The quantitative estimate of drug-likeness (QED) is 0.887. The van der Waals surface area contributed by atoms with Gasteiger partial charge < -0.3 is 10.1 Å². The lowest BCUT2D eigenvalue weighted by molar-refractivity contribution is 0.0951. The summed E-state index contributed by atoms with van der Waals surface area (Å²) in [5.41, 5.74) is 1.38. The SMILES string of the molecule is CCNC(=O)c1csc(-c2ccccc2OCC(C)C)n1. The molecule has 4 nitrogen and oxygen atoms in total. The fraction of sp³-hybridized carbons (Fsp3) is 0.375. The summed E-state index contributed by atoms with van der Waals surface area (Å²) in [4.78, 5) is 16.2. The van der Waals surface area contributed by atoms with Gasteiger partial charge in [-0.05, 0) is 25.0 Å². The summed E-state index contributed by atoms with van der Waals surface area (Å²) in [6.07, 6.45) is 0. The number of hydrogen-bond donors (Lipinski definition) is 1. The van der Waals surface area contributed by atoms with Crippen LogP contribution in [0.15, 0.2) is 29.6 Å². The molecule has 2 aromatic rings. The molecule has 0 aliphatic heterocycles. The average Bonchev–Trinajstić information content (AvgIpc) is 2.95. The van der Waals surface area contributed by atoms with Gasteiger partial charge in [0.25, 0.3) is 5.91 Å². The van der Waals surface area contributed by atoms with Crippen LogP contribution in [0.2, 0.25) is 0 Å². The highest BCUT2D eigenvalue weighted by Gasteiger charge is 2.14. The van der Waals surface area contributed by atoms with Crippen LogP contribution in [-0.2, 0) is 0 Å². The summed E-state index contributed by atoms with van der Waals surface area (Å²) in [6, 6.07) is 7.79. The number of thiazole rings is 1. The highest BCUT2D eigenvalue weighted by Crippen LogP contribution is 2.32. The van der Waals surface area contributed by atoms with Crippen LogP contribution in [-0.4, -0.2) is 24.0 Å². The molecule has 0 atom stereocenters. The van der Waals surface area contributed by atoms with E-state index in [9.17, 15) is 4.79 Å². The molecule has 0 radical (unpaired) electrons. The molecular weight excluding hydrogens is 284 g/mol. The summed E-state index contributed by atoms with van der Waals surface area (Å²) in [6.45, 7) is 7.37. The largest absolute Gasteiger partial charge is 0.493 e. The third-order valence-corrected chi connectivity index (χ3v) is 3.64. The highest BCUT2D eigenvalue weighted by molar-refractivity contribution is 7.13. The number of rotatable bonds is 6. The molecule has 0 fully saturated rings. The van der Waals surface area contributed by atoms with Gasteiger partial charge in [0.05, 0.1) is 12.2 Å². The van der Waals surface area contributed by atoms with Crippen molar-refractivity contribution < 1.29 is 9.53 Å². The number of nitrogens with one attached hydrogen (secondary N) is 1. The van der Waals surface area contributed by atoms with Crippen LogP contribution < -0.4 is 10.1 Å². The predicted molar refractivity (Wildman–Crippen MR) is 85.9 cm³/mol. The number of amides is 1. The number of carbonyl (C=O) groups is 1. The fourth-order valence-electron chi connectivity index (χ4n) is 1.78. The molecule has 1 aromatic carbocycles. The van der Waals surface area contributed by atoms with Crippen molar-refractivity contribution in [1.29, 1.82) is 0 Å². The zero-order chi connectivity index (χ0) is 15.2. The summed E-state index contributed by atoms with van der Waals surface area (Å²) >= 11 is 1.45. The molecule has 0 aliphatic rings. The van der Waals surface area contributed by atoms with E-state index in [1.165, 1.54) is 11.3 Å². The molecule has 112 valence electrons. The van der Waals surface area contributed by atoms with Crippen LogP contribution in [0.5, 0.6) is 5.75 Å². The van der Waals surface area contributed by atoms with E-state index < -0.39 is 0 Å². The molecule has 0 bridgehead atoms. The van der Waals surface area contributed by atoms with Gasteiger partial charge in [-0.1, -0.05) is 26.0 Å². The third kappa shape index (κ3) is 4.04. The van der Waals surface area contributed by atoms with Crippen LogP contribution in [0, 0.1) is 5.92 Å². The fourth-order valence-corrected chi connectivity index (χ4v) is 2.61. The maximum absolute atomic E-state index is 11.8. The minimum atomic E-state index is -0.138. The first kappa shape index (κ1) is 15.5. The molecule has 1 heterocycles. The lowest BCUT2D eigenvalue weighted by atomic mass is 10.2. The molecule has 1 amide bonds. The minimum absolute atomic E-state index is 0.138. The van der Waals surface area contributed by atoms with Crippen molar-refractivity contribution in [1.82, 2.24) is 10.3 Å². The van der Waals surface area contributed by atoms with E-state index in [1.807, 2.05) is 31.2 Å². The van der Waals surface area contributed by atoms with Crippen molar-refractivity contribution in [3.05, 3.63) is 35.3 Å². The van der Waals surface area contributed by atoms with Gasteiger partial charge in [0, 0.05) is 11.9 Å². The van der Waals surface area contributed by atoms with E-state index in [0.29, 0.717) is 24.8 Å². The van der Waals surface area contributed by atoms with Crippen molar-refractivity contribution in [2.24, 2.45) is 5.92 Å². The third-order valence-electron chi connectivity index (χ3n) is 2.76. The number of aromatic nitrogens is 1. The van der Waals surface area contributed by atoms with Crippen molar-refractivity contribution in [3.63, 3.8) is 0 Å². The molecule has 1 N–H and O–H groups in total. The Balaban J connectivity index is 2.23. The first-order valence-electron chi connectivity index (χ1n) is 7.07. The zero-order valence-corrected chi connectivity index (χ0v) is 13.4. The van der Waals surface area contributed by atoms with Crippen LogP contribution in [0.3, 0.4) is 0 Å². The number of para-hydroxylation sites is 1. The minimum Gasteiger partial charge on any atom is -0.493 e. The van der Waals surface area contributed by atoms with Crippen LogP contribution in [0.4, 0.5) is 0 Å². The van der Waals surface area contributed by atoms with E-state index >= 15 is 0 Å². The zero-order valence-electron chi connectivity index (χ0n) is 12.6. The smallest absolute Gasteiger partial charge is 0.270 e. The Morgan fingerprint density at radius 1 is 1.38 bits per heavy atom. The lowest BCUT2D eigenvalue weighted by Gasteiger charge is -2.11. The first-order valence-corrected chi connectivity index (χ1v) is 7.95. The van der Waals surface area contributed by atoms with Gasteiger partial charge in [0.1, 0.15) is 16.5 Å². The van der Waals surface area contributed by atoms with Gasteiger partial charge in [-0.3, -0.25) is 4.79 Å². The molecule has 21 heavy (non-hydrogen) atoms. The van der Waals surface area contributed by atoms with E-state index in [1.54, 1.807) is 5.38 Å². The molecule has 0 saturated carbocycles. The maximum atomic E-state index is 11.8. The maximum Gasteiger partial charge on any atom is 0.270 e. The molecule has 2 rings (SSSR count). The van der Waals surface area contributed by atoms with Gasteiger partial charge in [-0.15, -0.1) is 11.3 Å². The Hall–Kier alpha value is -1.88. The Morgan fingerprint density at radius 2 is 2.14 bits per heavy atom. The summed E-state index contributed by atoms with van der Waals surface area (Å²) in [5.74, 6) is 1.13. The van der Waals surface area contributed by atoms with Gasteiger partial charge in [0.15, 0.2) is 0 Å². The van der Waals surface area contributed by atoms with Gasteiger partial charge >= 0.3 is 0 Å². The van der Waals surface area contributed by atoms with E-state index in [0.717, 1.165) is 16.3 Å². The Morgan fingerprint density at radius 3 is 2.86 bits per heavy atom. The summed E-state index contributed by atoms with van der Waals surface area (Å²) < 4.78 is 5.84.